The standard InChI is InChI=1S/C13H18ClN2/c1-2-7-15-8-10-16(11-9-15)13-6-4-3-5-12(13)14/h3-6H,1-2,7-11H2. The van der Waals surface area contributed by atoms with Gasteiger partial charge in [-0.2, -0.15) is 0 Å². The first kappa shape index (κ1) is 11.7. The smallest absolute Gasteiger partial charge is 0.0639 e. The van der Waals surface area contributed by atoms with Gasteiger partial charge in [0.2, 0.25) is 0 Å². The number of hydrogen-bond acceptors (Lipinski definition) is 2. The molecule has 0 bridgehead atoms. The van der Waals surface area contributed by atoms with Crippen LogP contribution in [-0.2, 0) is 0 Å². The Labute approximate surface area is 103 Å². The van der Waals surface area contributed by atoms with Gasteiger partial charge in [0.05, 0.1) is 10.7 Å². The fraction of sp³-hybridized carbons (Fsp3) is 0.462. The van der Waals surface area contributed by atoms with E-state index in [2.05, 4.69) is 22.8 Å². The molecule has 1 saturated heterocycles. The largest absolute Gasteiger partial charge is 0.368 e. The van der Waals surface area contributed by atoms with Gasteiger partial charge in [-0.3, -0.25) is 4.90 Å². The van der Waals surface area contributed by atoms with E-state index in [0.717, 1.165) is 44.2 Å². The SMILES string of the molecule is [CH2]CCN1CCN(c2ccccc2Cl)CC1. The molecule has 1 aliphatic rings. The van der Waals surface area contributed by atoms with Crippen molar-refractivity contribution in [1.29, 1.82) is 0 Å². The van der Waals surface area contributed by atoms with Gasteiger partial charge in [-0.15, -0.1) is 0 Å². The zero-order valence-electron chi connectivity index (χ0n) is 9.53. The maximum absolute atomic E-state index is 6.19. The summed E-state index contributed by atoms with van der Waals surface area (Å²) in [6, 6.07) is 8.08. The fourth-order valence-corrected chi connectivity index (χ4v) is 2.40. The van der Waals surface area contributed by atoms with E-state index < -0.39 is 0 Å². The molecule has 16 heavy (non-hydrogen) atoms. The molecule has 1 aromatic carbocycles. The summed E-state index contributed by atoms with van der Waals surface area (Å²) < 4.78 is 0. The van der Waals surface area contributed by atoms with Crippen molar-refractivity contribution in [2.75, 3.05) is 37.6 Å². The second-order valence-corrected chi connectivity index (χ2v) is 4.54. The Morgan fingerprint density at radius 2 is 1.81 bits per heavy atom. The number of halogens is 1. The van der Waals surface area contributed by atoms with Gasteiger partial charge in [-0.1, -0.05) is 30.7 Å². The first-order valence-corrected chi connectivity index (χ1v) is 6.20. The maximum atomic E-state index is 6.19. The summed E-state index contributed by atoms with van der Waals surface area (Å²) in [6.07, 6.45) is 0.992. The Morgan fingerprint density at radius 3 is 2.44 bits per heavy atom. The van der Waals surface area contributed by atoms with Crippen LogP contribution in [0.3, 0.4) is 0 Å². The monoisotopic (exact) mass is 237 g/mol. The number of benzene rings is 1. The van der Waals surface area contributed by atoms with Gasteiger partial charge in [-0.25, -0.2) is 0 Å². The number of hydrogen-bond donors (Lipinski definition) is 0. The molecule has 3 heteroatoms. The van der Waals surface area contributed by atoms with Crippen molar-refractivity contribution in [3.8, 4) is 0 Å². The van der Waals surface area contributed by atoms with Crippen LogP contribution < -0.4 is 4.90 Å². The van der Waals surface area contributed by atoms with Crippen molar-refractivity contribution in [2.24, 2.45) is 0 Å². The highest BCUT2D eigenvalue weighted by Crippen LogP contribution is 2.25. The van der Waals surface area contributed by atoms with Crippen LogP contribution in [0.5, 0.6) is 0 Å². The van der Waals surface area contributed by atoms with Crippen LogP contribution in [0.25, 0.3) is 0 Å². The molecule has 0 atom stereocenters. The molecular weight excluding hydrogens is 220 g/mol. The third-order valence-corrected chi connectivity index (χ3v) is 3.36. The molecule has 1 fully saturated rings. The Morgan fingerprint density at radius 1 is 1.12 bits per heavy atom. The van der Waals surface area contributed by atoms with E-state index in [1.165, 1.54) is 5.69 Å². The van der Waals surface area contributed by atoms with Gasteiger partial charge >= 0.3 is 0 Å². The third kappa shape index (κ3) is 2.69. The van der Waals surface area contributed by atoms with E-state index in [1.54, 1.807) is 0 Å². The number of rotatable bonds is 3. The first-order chi connectivity index (χ1) is 7.81. The predicted octanol–water partition coefficient (Wildman–Crippen LogP) is 2.69. The van der Waals surface area contributed by atoms with E-state index >= 15 is 0 Å². The quantitative estimate of drug-likeness (QED) is 0.798. The molecule has 0 N–H and O–H groups in total. The Kier molecular flexibility index (Phi) is 4.08. The second kappa shape index (κ2) is 5.55. The summed E-state index contributed by atoms with van der Waals surface area (Å²) in [5.74, 6) is 0. The molecule has 0 aromatic heterocycles. The average Bonchev–Trinajstić information content (AvgIpc) is 2.31. The molecular formula is C13H18ClN2. The van der Waals surface area contributed by atoms with Crippen molar-refractivity contribution >= 4 is 17.3 Å². The fourth-order valence-electron chi connectivity index (χ4n) is 2.14. The molecule has 1 radical (unpaired) electrons. The van der Waals surface area contributed by atoms with Gasteiger partial charge in [-0.05, 0) is 25.1 Å². The first-order valence-electron chi connectivity index (χ1n) is 5.82. The third-order valence-electron chi connectivity index (χ3n) is 3.04. The minimum absolute atomic E-state index is 0.855. The van der Waals surface area contributed by atoms with E-state index in [4.69, 9.17) is 11.6 Å². The summed E-state index contributed by atoms with van der Waals surface area (Å²) in [6.45, 7) is 9.34. The molecule has 87 valence electrons. The molecule has 1 aromatic rings. The number of para-hydroxylation sites is 1. The highest BCUT2D eigenvalue weighted by Gasteiger charge is 2.17. The van der Waals surface area contributed by atoms with Crippen LogP contribution in [0, 0.1) is 6.92 Å². The molecule has 0 amide bonds. The molecule has 1 aliphatic heterocycles. The predicted molar refractivity (Wildman–Crippen MR) is 70.1 cm³/mol. The van der Waals surface area contributed by atoms with Gasteiger partial charge in [0.25, 0.3) is 0 Å². The van der Waals surface area contributed by atoms with Gasteiger partial charge in [0.1, 0.15) is 0 Å². The topological polar surface area (TPSA) is 6.48 Å². The summed E-state index contributed by atoms with van der Waals surface area (Å²) in [5.41, 5.74) is 1.17. The molecule has 0 aliphatic carbocycles. The lowest BCUT2D eigenvalue weighted by Crippen LogP contribution is -2.46. The molecule has 0 saturated carbocycles. The molecule has 0 spiro atoms. The van der Waals surface area contributed by atoms with Gasteiger partial charge in [0.15, 0.2) is 0 Å². The molecule has 0 unspecified atom stereocenters. The van der Waals surface area contributed by atoms with Crippen LogP contribution >= 0.6 is 11.6 Å². The summed E-state index contributed by atoms with van der Waals surface area (Å²) >= 11 is 6.19. The lowest BCUT2D eigenvalue weighted by atomic mass is 10.2. The summed E-state index contributed by atoms with van der Waals surface area (Å²) in [5, 5.41) is 0.855. The van der Waals surface area contributed by atoms with E-state index in [9.17, 15) is 0 Å². The highest BCUT2D eigenvalue weighted by atomic mass is 35.5. The van der Waals surface area contributed by atoms with Crippen LogP contribution in [0.15, 0.2) is 24.3 Å². The number of anilines is 1. The van der Waals surface area contributed by atoms with E-state index in [0.29, 0.717) is 0 Å². The normalized spacial score (nSPS) is 17.8. The van der Waals surface area contributed by atoms with Crippen molar-refractivity contribution in [3.63, 3.8) is 0 Å². The average molecular weight is 238 g/mol. The Balaban J connectivity index is 1.96. The van der Waals surface area contributed by atoms with Crippen molar-refractivity contribution in [2.45, 2.75) is 6.42 Å². The van der Waals surface area contributed by atoms with Crippen LogP contribution in [0.4, 0.5) is 5.69 Å². The second-order valence-electron chi connectivity index (χ2n) is 4.13. The molecule has 2 nitrogen and oxygen atoms in total. The minimum atomic E-state index is 0.855. The zero-order chi connectivity index (χ0) is 11.4. The van der Waals surface area contributed by atoms with Crippen LogP contribution in [0.2, 0.25) is 5.02 Å². The Hall–Kier alpha value is -0.730. The van der Waals surface area contributed by atoms with Crippen LogP contribution in [0.1, 0.15) is 6.42 Å². The molecule has 1 heterocycles. The number of piperazine rings is 1. The van der Waals surface area contributed by atoms with Crippen molar-refractivity contribution in [3.05, 3.63) is 36.2 Å². The summed E-state index contributed by atoms with van der Waals surface area (Å²) in [4.78, 5) is 4.82. The van der Waals surface area contributed by atoms with E-state index in [-0.39, 0.29) is 0 Å². The van der Waals surface area contributed by atoms with Gasteiger partial charge < -0.3 is 4.90 Å². The highest BCUT2D eigenvalue weighted by molar-refractivity contribution is 6.33. The lowest BCUT2D eigenvalue weighted by Gasteiger charge is -2.36. The lowest BCUT2D eigenvalue weighted by molar-refractivity contribution is 0.262. The van der Waals surface area contributed by atoms with Crippen LogP contribution in [-0.4, -0.2) is 37.6 Å². The van der Waals surface area contributed by atoms with Gasteiger partial charge in [0, 0.05) is 26.2 Å². The molecule has 2 rings (SSSR count). The maximum Gasteiger partial charge on any atom is 0.0639 e. The van der Waals surface area contributed by atoms with Crippen molar-refractivity contribution in [1.82, 2.24) is 4.90 Å². The number of nitrogens with zero attached hydrogens (tertiary/aromatic N) is 2. The minimum Gasteiger partial charge on any atom is -0.368 e. The summed E-state index contributed by atoms with van der Waals surface area (Å²) in [7, 11) is 0. The Bertz CT molecular complexity index is 332. The zero-order valence-corrected chi connectivity index (χ0v) is 10.3. The van der Waals surface area contributed by atoms with E-state index in [1.807, 2.05) is 18.2 Å². The van der Waals surface area contributed by atoms with Crippen molar-refractivity contribution < 1.29 is 0 Å².